The van der Waals surface area contributed by atoms with Gasteiger partial charge < -0.3 is 9.64 Å². The van der Waals surface area contributed by atoms with Crippen LogP contribution in [0.15, 0.2) is 30.3 Å². The average molecular weight is 302 g/mol. The highest BCUT2D eigenvalue weighted by molar-refractivity contribution is 5.69. The number of piperidine rings is 2. The van der Waals surface area contributed by atoms with E-state index in [9.17, 15) is 4.79 Å². The number of carbonyl (C=O) groups excluding carboxylic acids is 1. The van der Waals surface area contributed by atoms with E-state index in [1.807, 2.05) is 25.7 Å². The van der Waals surface area contributed by atoms with E-state index >= 15 is 0 Å². The van der Waals surface area contributed by atoms with Crippen LogP contribution in [0.2, 0.25) is 0 Å². The normalized spacial score (nSPS) is 25.3. The first kappa shape index (κ1) is 15.3. The summed E-state index contributed by atoms with van der Waals surface area (Å²) in [5.74, 6) is 0. The van der Waals surface area contributed by atoms with Crippen LogP contribution in [0.5, 0.6) is 0 Å². The summed E-state index contributed by atoms with van der Waals surface area (Å²) < 4.78 is 5.55. The van der Waals surface area contributed by atoms with Crippen LogP contribution >= 0.6 is 0 Å². The Labute approximate surface area is 133 Å². The lowest BCUT2D eigenvalue weighted by Gasteiger charge is -2.51. The van der Waals surface area contributed by atoms with Crippen molar-refractivity contribution in [2.24, 2.45) is 0 Å². The maximum atomic E-state index is 12.4. The van der Waals surface area contributed by atoms with Crippen LogP contribution in [0.1, 0.15) is 39.2 Å². The van der Waals surface area contributed by atoms with Crippen molar-refractivity contribution in [2.75, 3.05) is 13.1 Å². The van der Waals surface area contributed by atoms with Gasteiger partial charge in [0, 0.05) is 31.7 Å². The van der Waals surface area contributed by atoms with Gasteiger partial charge in [0.25, 0.3) is 0 Å². The van der Waals surface area contributed by atoms with E-state index in [1.165, 1.54) is 12.0 Å². The Balaban J connectivity index is 1.63. The Morgan fingerprint density at radius 1 is 1.14 bits per heavy atom. The third-order valence-electron chi connectivity index (χ3n) is 4.50. The molecule has 0 aromatic heterocycles. The molecule has 0 spiro atoms. The van der Waals surface area contributed by atoms with Gasteiger partial charge in [0.15, 0.2) is 0 Å². The van der Waals surface area contributed by atoms with E-state index in [-0.39, 0.29) is 6.09 Å². The zero-order chi connectivity index (χ0) is 15.7. The fourth-order valence-electron chi connectivity index (χ4n) is 3.47. The van der Waals surface area contributed by atoms with Crippen LogP contribution in [0.3, 0.4) is 0 Å². The second kappa shape index (κ2) is 5.92. The van der Waals surface area contributed by atoms with Crippen molar-refractivity contribution in [3.8, 4) is 0 Å². The summed E-state index contributed by atoms with van der Waals surface area (Å²) in [6.07, 6.45) is 2.12. The van der Waals surface area contributed by atoms with Gasteiger partial charge in [-0.1, -0.05) is 30.3 Å². The molecular weight excluding hydrogens is 276 g/mol. The molecule has 3 aliphatic heterocycles. The predicted molar refractivity (Wildman–Crippen MR) is 86.6 cm³/mol. The zero-order valence-electron chi connectivity index (χ0n) is 13.8. The highest BCUT2D eigenvalue weighted by Crippen LogP contribution is 2.31. The Bertz CT molecular complexity index is 524. The highest BCUT2D eigenvalue weighted by atomic mass is 16.6. The molecule has 1 unspecified atom stereocenters. The summed E-state index contributed by atoms with van der Waals surface area (Å²) in [6, 6.07) is 11.3. The van der Waals surface area contributed by atoms with Gasteiger partial charge in [-0.15, -0.1) is 0 Å². The number of nitrogens with zero attached hydrogens (tertiary/aromatic N) is 2. The Hall–Kier alpha value is -1.55. The molecule has 3 aliphatic rings. The van der Waals surface area contributed by atoms with Gasteiger partial charge in [0.2, 0.25) is 0 Å². The van der Waals surface area contributed by atoms with Crippen molar-refractivity contribution in [3.05, 3.63) is 35.9 Å². The van der Waals surface area contributed by atoms with E-state index in [0.717, 1.165) is 26.1 Å². The molecule has 4 heteroatoms. The first-order valence-electron chi connectivity index (χ1n) is 8.20. The fourth-order valence-corrected chi connectivity index (χ4v) is 3.47. The Morgan fingerprint density at radius 3 is 2.41 bits per heavy atom. The van der Waals surface area contributed by atoms with Crippen molar-refractivity contribution in [3.63, 3.8) is 0 Å². The minimum Gasteiger partial charge on any atom is -0.444 e. The summed E-state index contributed by atoms with van der Waals surface area (Å²) in [7, 11) is 0. The van der Waals surface area contributed by atoms with Gasteiger partial charge >= 0.3 is 6.09 Å². The largest absolute Gasteiger partial charge is 0.444 e. The highest BCUT2D eigenvalue weighted by Gasteiger charge is 2.42. The maximum Gasteiger partial charge on any atom is 0.410 e. The maximum absolute atomic E-state index is 12.4. The summed E-state index contributed by atoms with van der Waals surface area (Å²) in [4.78, 5) is 16.8. The number of rotatable bonds is 2. The lowest BCUT2D eigenvalue weighted by molar-refractivity contribution is -0.0436. The Morgan fingerprint density at radius 2 is 1.82 bits per heavy atom. The molecule has 22 heavy (non-hydrogen) atoms. The SMILES string of the molecule is CC(C)(C)OC(=O)N1CC2CC[C@H]1CN2Cc1ccccc1. The smallest absolute Gasteiger partial charge is 0.410 e. The molecule has 4 rings (SSSR count). The van der Waals surface area contributed by atoms with Gasteiger partial charge in [-0.05, 0) is 39.2 Å². The standard InChI is InChI=1S/C18H26N2O2/c1-18(2,3)22-17(21)20-13-15-9-10-16(20)12-19(15)11-14-7-5-4-6-8-14/h4-8,15-16H,9-13H2,1-3H3/t15?,16-/m0/s1. The number of fused-ring (bicyclic) bond motifs is 3. The second-order valence-corrected chi connectivity index (χ2v) is 7.43. The molecule has 120 valence electrons. The lowest BCUT2D eigenvalue weighted by Crippen LogP contribution is -2.63. The van der Waals surface area contributed by atoms with Crippen LogP contribution in [0.25, 0.3) is 0 Å². The molecule has 2 atom stereocenters. The van der Waals surface area contributed by atoms with Crippen LogP contribution in [0, 0.1) is 0 Å². The predicted octanol–water partition coefficient (Wildman–Crippen LogP) is 3.27. The van der Waals surface area contributed by atoms with Crippen LogP contribution < -0.4 is 0 Å². The van der Waals surface area contributed by atoms with E-state index < -0.39 is 5.60 Å². The molecule has 0 aliphatic carbocycles. The first-order valence-corrected chi connectivity index (χ1v) is 8.20. The van der Waals surface area contributed by atoms with Gasteiger partial charge in [-0.3, -0.25) is 4.90 Å². The third kappa shape index (κ3) is 3.43. The number of benzene rings is 1. The molecule has 3 fully saturated rings. The lowest BCUT2D eigenvalue weighted by atomic mass is 9.90. The number of carbonyl (C=O) groups is 1. The zero-order valence-corrected chi connectivity index (χ0v) is 13.8. The van der Waals surface area contributed by atoms with Crippen molar-refractivity contribution >= 4 is 6.09 Å². The van der Waals surface area contributed by atoms with E-state index in [4.69, 9.17) is 4.74 Å². The van der Waals surface area contributed by atoms with E-state index in [0.29, 0.717) is 12.1 Å². The molecule has 0 N–H and O–H groups in total. The molecule has 0 saturated carbocycles. The third-order valence-corrected chi connectivity index (χ3v) is 4.50. The van der Waals surface area contributed by atoms with Crippen molar-refractivity contribution in [2.45, 2.75) is 57.8 Å². The van der Waals surface area contributed by atoms with Gasteiger partial charge in [0.1, 0.15) is 5.60 Å². The topological polar surface area (TPSA) is 32.8 Å². The molecule has 3 heterocycles. The summed E-state index contributed by atoms with van der Waals surface area (Å²) >= 11 is 0. The van der Waals surface area contributed by atoms with Gasteiger partial charge in [0.05, 0.1) is 0 Å². The molecular formula is C18H26N2O2. The van der Waals surface area contributed by atoms with Gasteiger partial charge in [-0.2, -0.15) is 0 Å². The minimum atomic E-state index is -0.419. The molecule has 1 aromatic rings. The summed E-state index contributed by atoms with van der Waals surface area (Å²) in [5.41, 5.74) is 0.927. The average Bonchev–Trinajstić information content (AvgIpc) is 2.47. The number of hydrogen-bond acceptors (Lipinski definition) is 3. The molecule has 0 radical (unpaired) electrons. The summed E-state index contributed by atoms with van der Waals surface area (Å²) in [5, 5.41) is 0. The second-order valence-electron chi connectivity index (χ2n) is 7.43. The first-order chi connectivity index (χ1) is 10.4. The quantitative estimate of drug-likeness (QED) is 0.840. The molecule has 1 amide bonds. The van der Waals surface area contributed by atoms with Gasteiger partial charge in [-0.25, -0.2) is 4.79 Å². The van der Waals surface area contributed by atoms with Crippen molar-refractivity contribution in [1.29, 1.82) is 0 Å². The Kier molecular flexibility index (Phi) is 4.13. The fraction of sp³-hybridized carbons (Fsp3) is 0.611. The molecule has 1 aromatic carbocycles. The van der Waals surface area contributed by atoms with E-state index in [2.05, 4.69) is 35.2 Å². The van der Waals surface area contributed by atoms with Crippen LogP contribution in [-0.4, -0.2) is 46.7 Å². The van der Waals surface area contributed by atoms with Crippen molar-refractivity contribution in [1.82, 2.24) is 9.80 Å². The van der Waals surface area contributed by atoms with Crippen LogP contribution in [-0.2, 0) is 11.3 Å². The molecule has 4 nitrogen and oxygen atoms in total. The minimum absolute atomic E-state index is 0.151. The monoisotopic (exact) mass is 302 g/mol. The number of amides is 1. The molecule has 2 bridgehead atoms. The number of piperazine rings is 1. The van der Waals surface area contributed by atoms with E-state index in [1.54, 1.807) is 0 Å². The van der Waals surface area contributed by atoms with Crippen molar-refractivity contribution < 1.29 is 9.53 Å². The van der Waals surface area contributed by atoms with Crippen LogP contribution in [0.4, 0.5) is 4.79 Å². The number of hydrogen-bond donors (Lipinski definition) is 0. The number of ether oxygens (including phenoxy) is 1. The molecule has 3 saturated heterocycles. The summed E-state index contributed by atoms with van der Waals surface area (Å²) in [6.45, 7) is 8.51.